The molecule has 2 aromatic rings. The minimum Gasteiger partial charge on any atom is -0.465 e. The van der Waals surface area contributed by atoms with Gasteiger partial charge in [-0.15, -0.1) is 0 Å². The van der Waals surface area contributed by atoms with Gasteiger partial charge < -0.3 is 15.0 Å². The predicted octanol–water partition coefficient (Wildman–Crippen LogP) is 2.28. The van der Waals surface area contributed by atoms with Crippen LogP contribution in [0.2, 0.25) is 0 Å². The zero-order chi connectivity index (χ0) is 19.1. The highest BCUT2D eigenvalue weighted by atomic mass is 19.1. The number of rotatable bonds is 6. The van der Waals surface area contributed by atoms with E-state index in [1.54, 1.807) is 36.4 Å². The number of para-hydroxylation sites is 1. The zero-order valence-electron chi connectivity index (χ0n) is 14.5. The van der Waals surface area contributed by atoms with Crippen molar-refractivity contribution in [3.05, 3.63) is 65.5 Å². The maximum absolute atomic E-state index is 13.6. The summed E-state index contributed by atoms with van der Waals surface area (Å²) >= 11 is 0. The van der Waals surface area contributed by atoms with E-state index in [1.807, 2.05) is 0 Å². The molecule has 1 N–H and O–H groups in total. The first kappa shape index (κ1) is 19.1. The van der Waals surface area contributed by atoms with Gasteiger partial charge in [-0.05, 0) is 18.2 Å². The number of carbonyl (C=O) groups is 3. The molecule has 0 fully saturated rings. The molecule has 6 nitrogen and oxygen atoms in total. The minimum atomic E-state index is -0.612. The molecule has 0 saturated heterocycles. The van der Waals surface area contributed by atoms with Crippen LogP contribution in [0.3, 0.4) is 0 Å². The molecule has 2 rings (SSSR count). The van der Waals surface area contributed by atoms with Crippen LogP contribution in [0, 0.1) is 5.82 Å². The van der Waals surface area contributed by atoms with Crippen molar-refractivity contribution in [3.8, 4) is 0 Å². The molecule has 0 unspecified atom stereocenters. The normalized spacial score (nSPS) is 10.1. The Hall–Kier alpha value is -3.22. The number of anilines is 1. The Morgan fingerprint density at radius 1 is 1.08 bits per heavy atom. The summed E-state index contributed by atoms with van der Waals surface area (Å²) in [5.74, 6) is -1.93. The molecular weight excluding hydrogens is 339 g/mol. The topological polar surface area (TPSA) is 75.7 Å². The van der Waals surface area contributed by atoms with Crippen LogP contribution in [-0.4, -0.2) is 31.4 Å². The zero-order valence-corrected chi connectivity index (χ0v) is 14.5. The number of nitrogens with zero attached hydrogens (tertiary/aromatic N) is 1. The van der Waals surface area contributed by atoms with Gasteiger partial charge in [0.05, 0.1) is 18.4 Å². The lowest BCUT2D eigenvalue weighted by Gasteiger charge is -2.22. The quantitative estimate of drug-likeness (QED) is 0.804. The van der Waals surface area contributed by atoms with Crippen molar-refractivity contribution in [2.24, 2.45) is 0 Å². The first-order chi connectivity index (χ1) is 12.4. The van der Waals surface area contributed by atoms with Crippen LogP contribution in [0.1, 0.15) is 22.8 Å². The summed E-state index contributed by atoms with van der Waals surface area (Å²) in [4.78, 5) is 37.3. The van der Waals surface area contributed by atoms with Crippen molar-refractivity contribution in [3.63, 3.8) is 0 Å². The maximum Gasteiger partial charge on any atom is 0.339 e. The number of methoxy groups -OCH3 is 1. The number of amides is 2. The van der Waals surface area contributed by atoms with E-state index in [0.29, 0.717) is 5.56 Å². The Morgan fingerprint density at radius 3 is 2.38 bits per heavy atom. The van der Waals surface area contributed by atoms with Crippen molar-refractivity contribution in [2.75, 3.05) is 18.6 Å². The van der Waals surface area contributed by atoms with Gasteiger partial charge in [0.15, 0.2) is 0 Å². The number of benzene rings is 2. The van der Waals surface area contributed by atoms with Crippen molar-refractivity contribution < 1.29 is 23.5 Å². The summed E-state index contributed by atoms with van der Waals surface area (Å²) in [7, 11) is 1.23. The lowest BCUT2D eigenvalue weighted by Crippen LogP contribution is -2.40. The number of esters is 1. The second-order valence-corrected chi connectivity index (χ2v) is 5.48. The van der Waals surface area contributed by atoms with Crippen LogP contribution in [0.25, 0.3) is 0 Å². The Labute approximate surface area is 150 Å². The summed E-state index contributed by atoms with van der Waals surface area (Å²) in [6.07, 6.45) is 0. The van der Waals surface area contributed by atoms with E-state index < -0.39 is 23.6 Å². The number of carbonyl (C=O) groups excluding carboxylic acids is 3. The molecule has 2 aromatic carbocycles. The summed E-state index contributed by atoms with van der Waals surface area (Å²) < 4.78 is 18.3. The molecule has 0 aromatic heterocycles. The van der Waals surface area contributed by atoms with Crippen molar-refractivity contribution in [2.45, 2.75) is 13.5 Å². The number of nitrogens with one attached hydrogen (secondary N) is 1. The number of hydrogen-bond acceptors (Lipinski definition) is 4. The summed E-state index contributed by atoms with van der Waals surface area (Å²) in [6.45, 7) is 0.978. The van der Waals surface area contributed by atoms with Crippen LogP contribution in [-0.2, 0) is 20.9 Å². The third-order valence-corrected chi connectivity index (χ3v) is 3.72. The van der Waals surface area contributed by atoms with E-state index in [4.69, 9.17) is 4.74 Å². The summed E-state index contributed by atoms with van der Waals surface area (Å²) in [5, 5.41) is 2.57. The van der Waals surface area contributed by atoms with Crippen molar-refractivity contribution >= 4 is 23.5 Å². The van der Waals surface area contributed by atoms with Crippen molar-refractivity contribution in [1.82, 2.24) is 5.32 Å². The van der Waals surface area contributed by atoms with Crippen LogP contribution in [0.5, 0.6) is 0 Å². The standard InChI is InChI=1S/C19H19FN2O4/c1-13(23)22(17-10-6-4-8-15(17)19(25)26-2)12-18(24)21-11-14-7-3-5-9-16(14)20/h3-10H,11-12H2,1-2H3,(H,21,24). The molecule has 0 aliphatic heterocycles. The molecule has 0 atom stereocenters. The van der Waals surface area contributed by atoms with E-state index in [-0.39, 0.29) is 24.3 Å². The minimum absolute atomic E-state index is 0.00407. The second-order valence-electron chi connectivity index (χ2n) is 5.48. The lowest BCUT2D eigenvalue weighted by molar-refractivity contribution is -0.123. The Morgan fingerprint density at radius 2 is 1.73 bits per heavy atom. The van der Waals surface area contributed by atoms with E-state index >= 15 is 0 Å². The van der Waals surface area contributed by atoms with Gasteiger partial charge in [0.2, 0.25) is 11.8 Å². The van der Waals surface area contributed by atoms with Gasteiger partial charge >= 0.3 is 5.97 Å². The largest absolute Gasteiger partial charge is 0.465 e. The van der Waals surface area contributed by atoms with Gasteiger partial charge in [0, 0.05) is 19.0 Å². The summed E-state index contributed by atoms with van der Waals surface area (Å²) in [6, 6.07) is 12.4. The highest BCUT2D eigenvalue weighted by Crippen LogP contribution is 2.21. The molecule has 0 saturated carbocycles. The van der Waals surface area contributed by atoms with Gasteiger partial charge in [0.1, 0.15) is 12.4 Å². The monoisotopic (exact) mass is 358 g/mol. The first-order valence-corrected chi connectivity index (χ1v) is 7.89. The van der Waals surface area contributed by atoms with Gasteiger partial charge in [0.25, 0.3) is 0 Å². The van der Waals surface area contributed by atoms with Gasteiger partial charge in [-0.1, -0.05) is 30.3 Å². The molecule has 0 spiro atoms. The molecule has 26 heavy (non-hydrogen) atoms. The highest BCUT2D eigenvalue weighted by Gasteiger charge is 2.22. The fourth-order valence-electron chi connectivity index (χ4n) is 2.39. The van der Waals surface area contributed by atoms with Crippen LogP contribution < -0.4 is 10.2 Å². The van der Waals surface area contributed by atoms with E-state index in [2.05, 4.69) is 5.32 Å². The van der Waals surface area contributed by atoms with Crippen molar-refractivity contribution in [1.29, 1.82) is 0 Å². The third kappa shape index (κ3) is 4.66. The molecule has 0 heterocycles. The smallest absolute Gasteiger partial charge is 0.339 e. The lowest BCUT2D eigenvalue weighted by atomic mass is 10.1. The summed E-state index contributed by atoms with van der Waals surface area (Å²) in [5.41, 5.74) is 0.783. The molecule has 7 heteroatoms. The fraction of sp³-hybridized carbons (Fsp3) is 0.211. The van der Waals surface area contributed by atoms with E-state index in [0.717, 1.165) is 0 Å². The predicted molar refractivity (Wildman–Crippen MR) is 94.1 cm³/mol. The maximum atomic E-state index is 13.6. The van der Waals surface area contributed by atoms with Gasteiger partial charge in [-0.2, -0.15) is 0 Å². The molecule has 136 valence electrons. The Balaban J connectivity index is 2.14. The SMILES string of the molecule is COC(=O)c1ccccc1N(CC(=O)NCc1ccccc1F)C(C)=O. The fourth-order valence-corrected chi connectivity index (χ4v) is 2.39. The third-order valence-electron chi connectivity index (χ3n) is 3.72. The van der Waals surface area contributed by atoms with Crippen LogP contribution >= 0.6 is 0 Å². The average Bonchev–Trinajstić information content (AvgIpc) is 2.64. The second kappa shape index (κ2) is 8.75. The number of ether oxygens (including phenoxy) is 1. The molecule has 0 aliphatic rings. The number of halogens is 1. The van der Waals surface area contributed by atoms with Gasteiger partial charge in [-0.3, -0.25) is 9.59 Å². The van der Waals surface area contributed by atoms with Crippen LogP contribution in [0.4, 0.5) is 10.1 Å². The first-order valence-electron chi connectivity index (χ1n) is 7.89. The molecule has 0 aliphatic carbocycles. The number of hydrogen-bond donors (Lipinski definition) is 1. The van der Waals surface area contributed by atoms with Gasteiger partial charge in [-0.25, -0.2) is 9.18 Å². The average molecular weight is 358 g/mol. The Bertz CT molecular complexity index is 823. The Kier molecular flexibility index (Phi) is 6.43. The molecule has 0 bridgehead atoms. The van der Waals surface area contributed by atoms with Crippen LogP contribution in [0.15, 0.2) is 48.5 Å². The molecular formula is C19H19FN2O4. The van der Waals surface area contributed by atoms with E-state index in [1.165, 1.54) is 31.1 Å². The molecule has 2 amide bonds. The highest BCUT2D eigenvalue weighted by molar-refractivity contribution is 6.04. The van der Waals surface area contributed by atoms with E-state index in [9.17, 15) is 18.8 Å². The molecule has 0 radical (unpaired) electrons.